The molecule has 0 amide bonds. The van der Waals surface area contributed by atoms with Crippen LogP contribution in [0.2, 0.25) is 0 Å². The summed E-state index contributed by atoms with van der Waals surface area (Å²) in [5.41, 5.74) is 0. The van der Waals surface area contributed by atoms with Gasteiger partial charge >= 0.3 is 0 Å². The predicted octanol–water partition coefficient (Wildman–Crippen LogP) is 0.672. The lowest BCUT2D eigenvalue weighted by atomic mass is 9.99. The number of hydrogen-bond acceptors (Lipinski definition) is 7. The predicted molar refractivity (Wildman–Crippen MR) is 79.2 cm³/mol. The maximum atomic E-state index is 10.3. The number of fused-ring (bicyclic) bond motifs is 1. The van der Waals surface area contributed by atoms with Crippen molar-refractivity contribution in [1.82, 2.24) is 0 Å². The molecule has 3 rings (SSSR count). The smallest absolute Gasteiger partial charge is 0.229 e. The summed E-state index contributed by atoms with van der Waals surface area (Å²) in [6, 6.07) is 7.03. The third-order valence-corrected chi connectivity index (χ3v) is 3.95. The lowest BCUT2D eigenvalue weighted by Crippen LogP contribution is -2.58. The van der Waals surface area contributed by atoms with Crippen LogP contribution in [0.1, 0.15) is 13.8 Å². The summed E-state index contributed by atoms with van der Waals surface area (Å²) in [7, 11) is 1.59. The Morgan fingerprint density at radius 2 is 1.70 bits per heavy atom. The molecule has 0 saturated carbocycles. The van der Waals surface area contributed by atoms with E-state index in [1.807, 2.05) is 0 Å². The summed E-state index contributed by atoms with van der Waals surface area (Å²) < 4.78 is 28.1. The zero-order chi connectivity index (χ0) is 16.6. The van der Waals surface area contributed by atoms with Gasteiger partial charge in [0.2, 0.25) is 6.29 Å². The fraction of sp³-hybridized carbons (Fsp3) is 0.625. The number of aliphatic hydroxyl groups is 2. The summed E-state index contributed by atoms with van der Waals surface area (Å²) in [5, 5.41) is 19.7. The molecule has 23 heavy (non-hydrogen) atoms. The molecular weight excluding hydrogens is 304 g/mol. The van der Waals surface area contributed by atoms with E-state index in [2.05, 4.69) is 0 Å². The van der Waals surface area contributed by atoms with Crippen LogP contribution in [0, 0.1) is 0 Å². The fourth-order valence-electron chi connectivity index (χ4n) is 2.87. The van der Waals surface area contributed by atoms with Gasteiger partial charge in [-0.1, -0.05) is 0 Å². The second-order valence-corrected chi connectivity index (χ2v) is 6.07. The quantitative estimate of drug-likeness (QED) is 0.841. The van der Waals surface area contributed by atoms with E-state index in [1.165, 1.54) is 0 Å². The Bertz CT molecular complexity index is 530. The number of aliphatic hydroxyl groups excluding tert-OH is 2. The molecule has 0 bridgehead atoms. The molecule has 1 aromatic carbocycles. The van der Waals surface area contributed by atoms with Gasteiger partial charge in [-0.15, -0.1) is 0 Å². The third kappa shape index (κ3) is 3.29. The molecule has 1 aromatic rings. The van der Waals surface area contributed by atoms with E-state index in [0.29, 0.717) is 11.5 Å². The number of rotatable bonds is 4. The van der Waals surface area contributed by atoms with Gasteiger partial charge in [-0.3, -0.25) is 0 Å². The molecule has 2 heterocycles. The number of ether oxygens (including phenoxy) is 5. The lowest BCUT2D eigenvalue weighted by molar-refractivity contribution is -0.252. The Hall–Kier alpha value is -1.38. The summed E-state index contributed by atoms with van der Waals surface area (Å²) in [5.74, 6) is 0.423. The summed E-state index contributed by atoms with van der Waals surface area (Å²) in [6.45, 7) is 3.18. The van der Waals surface area contributed by atoms with Gasteiger partial charge in [-0.25, -0.2) is 0 Å². The van der Waals surface area contributed by atoms with E-state index >= 15 is 0 Å². The Balaban J connectivity index is 1.78. The normalized spacial score (nSPS) is 35.6. The molecule has 0 aromatic heterocycles. The van der Waals surface area contributed by atoms with Crippen molar-refractivity contribution in [2.45, 2.75) is 50.3 Å². The van der Waals surface area contributed by atoms with Crippen LogP contribution in [0.4, 0.5) is 0 Å². The summed E-state index contributed by atoms with van der Waals surface area (Å²) >= 11 is 0. The topological polar surface area (TPSA) is 86.6 Å². The molecular formula is C16H22O7. The van der Waals surface area contributed by atoms with Crippen molar-refractivity contribution in [2.75, 3.05) is 13.7 Å². The first-order valence-electron chi connectivity index (χ1n) is 7.54. The third-order valence-electron chi connectivity index (χ3n) is 3.95. The highest BCUT2D eigenvalue weighted by molar-refractivity contribution is 5.31. The molecule has 0 unspecified atom stereocenters. The minimum atomic E-state index is -0.984. The van der Waals surface area contributed by atoms with Gasteiger partial charge in [0, 0.05) is 0 Å². The number of hydrogen-bond donors (Lipinski definition) is 2. The first kappa shape index (κ1) is 16.5. The molecule has 2 aliphatic heterocycles. The molecule has 2 N–H and O–H groups in total. The van der Waals surface area contributed by atoms with Gasteiger partial charge in [0.15, 0.2) is 11.9 Å². The SMILES string of the molecule is COc1ccc(O[C@H]2O[C@H](CO)[C@@H](O)[C@@H]3OC(C)(C)O[C@H]23)cc1. The van der Waals surface area contributed by atoms with Crippen LogP contribution in [0.3, 0.4) is 0 Å². The van der Waals surface area contributed by atoms with Crippen LogP contribution in [0.5, 0.6) is 11.5 Å². The minimum absolute atomic E-state index is 0.337. The highest BCUT2D eigenvalue weighted by Gasteiger charge is 2.55. The maximum absolute atomic E-state index is 10.3. The van der Waals surface area contributed by atoms with Crippen molar-refractivity contribution in [1.29, 1.82) is 0 Å². The fourth-order valence-corrected chi connectivity index (χ4v) is 2.87. The van der Waals surface area contributed by atoms with Crippen LogP contribution in [0.25, 0.3) is 0 Å². The van der Waals surface area contributed by atoms with Gasteiger partial charge < -0.3 is 33.9 Å². The van der Waals surface area contributed by atoms with Crippen molar-refractivity contribution in [3.05, 3.63) is 24.3 Å². The van der Waals surface area contributed by atoms with Crippen LogP contribution in [0.15, 0.2) is 24.3 Å². The Morgan fingerprint density at radius 1 is 1.09 bits per heavy atom. The van der Waals surface area contributed by atoms with Gasteiger partial charge in [-0.05, 0) is 38.1 Å². The second-order valence-electron chi connectivity index (χ2n) is 6.07. The Labute approximate surface area is 134 Å². The molecule has 2 aliphatic rings. The average molecular weight is 326 g/mol. The van der Waals surface area contributed by atoms with Crippen LogP contribution < -0.4 is 9.47 Å². The van der Waals surface area contributed by atoms with E-state index in [0.717, 1.165) is 0 Å². The lowest BCUT2D eigenvalue weighted by Gasteiger charge is -2.39. The van der Waals surface area contributed by atoms with Gasteiger partial charge in [0.05, 0.1) is 13.7 Å². The van der Waals surface area contributed by atoms with Gasteiger partial charge in [0.25, 0.3) is 0 Å². The molecule has 7 nitrogen and oxygen atoms in total. The standard InChI is InChI=1S/C16H22O7/c1-16(2)22-13-12(18)11(8-17)21-15(14(13)23-16)20-10-6-4-9(19-3)5-7-10/h4-7,11-15,17-18H,8H2,1-3H3/t11-,12-,13+,14+,15+/m1/s1. The Morgan fingerprint density at radius 3 is 2.30 bits per heavy atom. The highest BCUT2D eigenvalue weighted by Crippen LogP contribution is 2.38. The molecule has 7 heteroatoms. The van der Waals surface area contributed by atoms with E-state index in [9.17, 15) is 10.2 Å². The molecule has 2 fully saturated rings. The van der Waals surface area contributed by atoms with E-state index in [-0.39, 0.29) is 6.61 Å². The number of methoxy groups -OCH3 is 1. The summed E-state index contributed by atoms with van der Waals surface area (Å²) in [6.07, 6.45) is -3.79. The zero-order valence-corrected chi connectivity index (χ0v) is 13.3. The minimum Gasteiger partial charge on any atom is -0.497 e. The van der Waals surface area contributed by atoms with Crippen molar-refractivity contribution in [3.63, 3.8) is 0 Å². The van der Waals surface area contributed by atoms with Gasteiger partial charge in [0.1, 0.15) is 29.8 Å². The molecule has 128 valence electrons. The van der Waals surface area contributed by atoms with Crippen LogP contribution in [-0.2, 0) is 14.2 Å². The summed E-state index contributed by atoms with van der Waals surface area (Å²) in [4.78, 5) is 0. The van der Waals surface area contributed by atoms with Crippen LogP contribution >= 0.6 is 0 Å². The second kappa shape index (κ2) is 6.26. The van der Waals surface area contributed by atoms with Crippen LogP contribution in [-0.4, -0.2) is 60.4 Å². The molecule has 2 saturated heterocycles. The molecule has 5 atom stereocenters. The van der Waals surface area contributed by atoms with Crippen molar-refractivity contribution < 1.29 is 33.9 Å². The van der Waals surface area contributed by atoms with Crippen molar-refractivity contribution in [2.24, 2.45) is 0 Å². The Kier molecular flexibility index (Phi) is 4.48. The first-order chi connectivity index (χ1) is 10.9. The van der Waals surface area contributed by atoms with Crippen molar-refractivity contribution >= 4 is 0 Å². The van der Waals surface area contributed by atoms with E-state index in [1.54, 1.807) is 45.2 Å². The molecule has 0 aliphatic carbocycles. The molecule has 0 spiro atoms. The van der Waals surface area contributed by atoms with E-state index < -0.39 is 36.5 Å². The molecule has 0 radical (unpaired) electrons. The largest absolute Gasteiger partial charge is 0.497 e. The monoisotopic (exact) mass is 326 g/mol. The maximum Gasteiger partial charge on any atom is 0.229 e. The van der Waals surface area contributed by atoms with Gasteiger partial charge in [-0.2, -0.15) is 0 Å². The first-order valence-corrected chi connectivity index (χ1v) is 7.54. The number of benzene rings is 1. The van der Waals surface area contributed by atoms with E-state index in [4.69, 9.17) is 23.7 Å². The average Bonchev–Trinajstić information content (AvgIpc) is 2.87. The van der Waals surface area contributed by atoms with Crippen molar-refractivity contribution in [3.8, 4) is 11.5 Å². The highest BCUT2D eigenvalue weighted by atomic mass is 16.8. The zero-order valence-electron chi connectivity index (χ0n) is 13.3.